The Morgan fingerprint density at radius 1 is 0.588 bits per heavy atom. The summed E-state index contributed by atoms with van der Waals surface area (Å²) in [7, 11) is -3.52. The lowest BCUT2D eigenvalue weighted by atomic mass is 9.96. The summed E-state index contributed by atoms with van der Waals surface area (Å²) in [5.41, 5.74) is 4.62. The van der Waals surface area contributed by atoms with E-state index in [2.05, 4.69) is 48.5 Å². The number of rotatable bonds is 6. The molecule has 0 atom stereocenters. The maximum absolute atomic E-state index is 13.4. The Bertz CT molecular complexity index is 1260. The monoisotopic (exact) mass is 469 g/mol. The van der Waals surface area contributed by atoms with Gasteiger partial charge in [-0.3, -0.25) is 0 Å². The Labute approximate surface area is 202 Å². The maximum Gasteiger partial charge on any atom is 0.243 e. The SMILES string of the molecule is O=S(=O)(c1ccc(-c2ccccc2)cc1)N1CC[NH+](C(c2ccccc2)c2ccccc2)CC1. The van der Waals surface area contributed by atoms with Gasteiger partial charge in [0.15, 0.2) is 0 Å². The highest BCUT2D eigenvalue weighted by Gasteiger charge is 2.34. The average molecular weight is 470 g/mol. The molecular formula is C29H29N2O2S+. The van der Waals surface area contributed by atoms with Crippen molar-refractivity contribution < 1.29 is 13.3 Å². The Morgan fingerprint density at radius 2 is 1.03 bits per heavy atom. The average Bonchev–Trinajstić information content (AvgIpc) is 2.91. The summed E-state index contributed by atoms with van der Waals surface area (Å²) in [5, 5.41) is 0. The van der Waals surface area contributed by atoms with Gasteiger partial charge in [-0.2, -0.15) is 4.31 Å². The topological polar surface area (TPSA) is 41.8 Å². The minimum absolute atomic E-state index is 0.192. The van der Waals surface area contributed by atoms with Crippen LogP contribution in [0.3, 0.4) is 0 Å². The summed E-state index contributed by atoms with van der Waals surface area (Å²) in [5.74, 6) is 0. The molecule has 0 bridgehead atoms. The molecule has 5 heteroatoms. The van der Waals surface area contributed by atoms with Gasteiger partial charge in [-0.05, 0) is 23.3 Å². The van der Waals surface area contributed by atoms with Gasteiger partial charge in [0, 0.05) is 11.1 Å². The number of nitrogens with one attached hydrogen (secondary N) is 1. The van der Waals surface area contributed by atoms with Crippen molar-refractivity contribution in [2.45, 2.75) is 10.9 Å². The fourth-order valence-electron chi connectivity index (χ4n) is 4.86. The first-order valence-electron chi connectivity index (χ1n) is 11.7. The summed E-state index contributed by atoms with van der Waals surface area (Å²) in [6.45, 7) is 2.54. The van der Waals surface area contributed by atoms with Gasteiger partial charge in [0.25, 0.3) is 0 Å². The van der Waals surface area contributed by atoms with Gasteiger partial charge in [-0.1, -0.05) is 103 Å². The van der Waals surface area contributed by atoms with E-state index in [4.69, 9.17) is 0 Å². The minimum Gasteiger partial charge on any atom is -0.323 e. The van der Waals surface area contributed by atoms with Gasteiger partial charge in [-0.15, -0.1) is 0 Å². The number of hydrogen-bond acceptors (Lipinski definition) is 2. The standard InChI is InChI=1S/C29H28N2O2S/c32-34(33,28-18-16-25(17-19-28)24-10-4-1-5-11-24)31-22-20-30(21-23-31)29(26-12-6-2-7-13-26)27-14-8-3-9-15-27/h1-19,29H,20-23H2/p+1. The van der Waals surface area contributed by atoms with Crippen molar-refractivity contribution in [3.05, 3.63) is 126 Å². The molecule has 0 radical (unpaired) electrons. The molecule has 5 rings (SSSR count). The molecule has 4 nitrogen and oxygen atoms in total. The maximum atomic E-state index is 13.4. The van der Waals surface area contributed by atoms with E-state index in [9.17, 15) is 8.42 Å². The fraction of sp³-hybridized carbons (Fsp3) is 0.172. The van der Waals surface area contributed by atoms with Crippen LogP contribution in [0.15, 0.2) is 120 Å². The van der Waals surface area contributed by atoms with Gasteiger partial charge in [-0.25, -0.2) is 8.42 Å². The molecule has 172 valence electrons. The van der Waals surface area contributed by atoms with Crippen molar-refractivity contribution >= 4 is 10.0 Å². The van der Waals surface area contributed by atoms with Crippen molar-refractivity contribution in [2.24, 2.45) is 0 Å². The Kier molecular flexibility index (Phi) is 6.59. The van der Waals surface area contributed by atoms with Crippen LogP contribution in [-0.4, -0.2) is 38.9 Å². The molecule has 4 aromatic rings. The molecule has 4 aromatic carbocycles. The van der Waals surface area contributed by atoms with Crippen LogP contribution in [0.5, 0.6) is 0 Å². The Balaban J connectivity index is 1.33. The summed E-state index contributed by atoms with van der Waals surface area (Å²) in [6.07, 6.45) is 0. The van der Waals surface area contributed by atoms with Gasteiger partial charge in [0.1, 0.15) is 6.04 Å². The van der Waals surface area contributed by atoms with Gasteiger partial charge < -0.3 is 4.90 Å². The highest BCUT2D eigenvalue weighted by molar-refractivity contribution is 7.89. The van der Waals surface area contributed by atoms with Gasteiger partial charge in [0.2, 0.25) is 10.0 Å². The molecule has 1 saturated heterocycles. The summed E-state index contributed by atoms with van der Waals surface area (Å²) in [4.78, 5) is 1.75. The van der Waals surface area contributed by atoms with E-state index in [1.54, 1.807) is 16.4 Å². The molecule has 0 saturated carbocycles. The van der Waals surface area contributed by atoms with Crippen LogP contribution in [0.25, 0.3) is 11.1 Å². The van der Waals surface area contributed by atoms with Gasteiger partial charge in [0.05, 0.1) is 31.1 Å². The lowest BCUT2D eigenvalue weighted by Gasteiger charge is -2.36. The van der Waals surface area contributed by atoms with Crippen molar-refractivity contribution in [3.8, 4) is 11.1 Å². The lowest BCUT2D eigenvalue weighted by molar-refractivity contribution is -0.929. The largest absolute Gasteiger partial charge is 0.323 e. The van der Waals surface area contributed by atoms with Crippen molar-refractivity contribution in [1.82, 2.24) is 4.31 Å². The first kappa shape index (κ1) is 22.5. The third-order valence-electron chi connectivity index (χ3n) is 6.64. The third-order valence-corrected chi connectivity index (χ3v) is 8.55. The van der Waals surface area contributed by atoms with Crippen LogP contribution in [0.4, 0.5) is 0 Å². The van der Waals surface area contributed by atoms with Crippen molar-refractivity contribution in [1.29, 1.82) is 0 Å². The number of piperazine rings is 1. The molecule has 1 heterocycles. The van der Waals surface area contributed by atoms with E-state index < -0.39 is 10.0 Å². The van der Waals surface area contributed by atoms with Crippen molar-refractivity contribution in [2.75, 3.05) is 26.2 Å². The number of sulfonamides is 1. The Hall–Kier alpha value is -3.25. The van der Waals surface area contributed by atoms with Crippen LogP contribution in [0.1, 0.15) is 17.2 Å². The number of nitrogens with zero attached hydrogens (tertiary/aromatic N) is 1. The highest BCUT2D eigenvalue weighted by atomic mass is 32.2. The zero-order valence-electron chi connectivity index (χ0n) is 19.0. The van der Waals surface area contributed by atoms with E-state index in [1.807, 2.05) is 54.6 Å². The molecule has 0 amide bonds. The number of hydrogen-bond donors (Lipinski definition) is 1. The van der Waals surface area contributed by atoms with Crippen molar-refractivity contribution in [3.63, 3.8) is 0 Å². The smallest absolute Gasteiger partial charge is 0.243 e. The minimum atomic E-state index is -3.52. The molecule has 0 aromatic heterocycles. The van der Waals surface area contributed by atoms with Crippen LogP contribution in [0, 0.1) is 0 Å². The van der Waals surface area contributed by atoms with E-state index in [1.165, 1.54) is 16.0 Å². The molecule has 1 aliphatic heterocycles. The second-order valence-electron chi connectivity index (χ2n) is 8.71. The normalized spacial score (nSPS) is 15.4. The molecule has 1 aliphatic rings. The molecular weight excluding hydrogens is 440 g/mol. The van der Waals surface area contributed by atoms with E-state index in [-0.39, 0.29) is 6.04 Å². The molecule has 1 N–H and O–H groups in total. The predicted octanol–water partition coefficient (Wildman–Crippen LogP) is 4.03. The zero-order chi connectivity index (χ0) is 23.4. The van der Waals surface area contributed by atoms with E-state index in [0.717, 1.165) is 24.2 Å². The number of benzene rings is 4. The summed E-state index contributed by atoms with van der Waals surface area (Å²) in [6, 6.07) is 38.5. The quantitative estimate of drug-likeness (QED) is 0.463. The molecule has 0 aliphatic carbocycles. The zero-order valence-corrected chi connectivity index (χ0v) is 19.9. The van der Waals surface area contributed by atoms with E-state index in [0.29, 0.717) is 18.0 Å². The second kappa shape index (κ2) is 9.94. The highest BCUT2D eigenvalue weighted by Crippen LogP contribution is 2.24. The second-order valence-corrected chi connectivity index (χ2v) is 10.6. The summed E-state index contributed by atoms with van der Waals surface area (Å²) < 4.78 is 28.4. The lowest BCUT2D eigenvalue weighted by Crippen LogP contribution is -3.15. The summed E-state index contributed by atoms with van der Waals surface area (Å²) >= 11 is 0. The first-order chi connectivity index (χ1) is 16.6. The predicted molar refractivity (Wildman–Crippen MR) is 136 cm³/mol. The van der Waals surface area contributed by atoms with Gasteiger partial charge >= 0.3 is 0 Å². The van der Waals surface area contributed by atoms with Crippen LogP contribution < -0.4 is 4.90 Å². The molecule has 34 heavy (non-hydrogen) atoms. The van der Waals surface area contributed by atoms with Crippen LogP contribution in [0.2, 0.25) is 0 Å². The molecule has 0 unspecified atom stereocenters. The molecule has 1 fully saturated rings. The molecule has 0 spiro atoms. The fourth-order valence-corrected chi connectivity index (χ4v) is 6.30. The number of quaternary nitrogens is 1. The Morgan fingerprint density at radius 3 is 1.53 bits per heavy atom. The van der Waals surface area contributed by atoms with Crippen LogP contribution in [-0.2, 0) is 10.0 Å². The van der Waals surface area contributed by atoms with E-state index >= 15 is 0 Å². The first-order valence-corrected chi connectivity index (χ1v) is 13.2. The van der Waals surface area contributed by atoms with Crippen LogP contribution >= 0.6 is 0 Å². The third kappa shape index (κ3) is 4.68.